The number of amides is 1. The van der Waals surface area contributed by atoms with Gasteiger partial charge in [-0.05, 0) is 49.9 Å². The first kappa shape index (κ1) is 20.1. The van der Waals surface area contributed by atoms with Gasteiger partial charge in [-0.3, -0.25) is 14.6 Å². The first-order valence-corrected chi connectivity index (χ1v) is 9.92. The lowest BCUT2D eigenvalue weighted by molar-refractivity contribution is -0.121. The van der Waals surface area contributed by atoms with E-state index in [2.05, 4.69) is 36.6 Å². The fraction of sp³-hybridized carbons (Fsp3) is 0.667. The van der Waals surface area contributed by atoms with Crippen molar-refractivity contribution >= 4 is 11.6 Å². The van der Waals surface area contributed by atoms with Gasteiger partial charge in [-0.1, -0.05) is 6.92 Å². The molecule has 0 bridgehead atoms. The molecule has 0 radical (unpaired) electrons. The van der Waals surface area contributed by atoms with E-state index < -0.39 is 0 Å². The fourth-order valence-corrected chi connectivity index (χ4v) is 4.58. The van der Waals surface area contributed by atoms with Crippen molar-refractivity contribution in [1.82, 2.24) is 9.80 Å². The number of piperazine rings is 1. The van der Waals surface area contributed by atoms with E-state index in [-0.39, 0.29) is 18.1 Å². The van der Waals surface area contributed by atoms with Crippen LogP contribution in [0.15, 0.2) is 18.2 Å². The zero-order valence-corrected chi connectivity index (χ0v) is 17.1. The van der Waals surface area contributed by atoms with Crippen molar-refractivity contribution in [1.29, 1.82) is 0 Å². The molecule has 27 heavy (non-hydrogen) atoms. The van der Waals surface area contributed by atoms with Gasteiger partial charge in [-0.2, -0.15) is 0 Å². The van der Waals surface area contributed by atoms with Crippen LogP contribution in [0.5, 0.6) is 5.75 Å². The van der Waals surface area contributed by atoms with Crippen LogP contribution in [0.25, 0.3) is 0 Å². The molecule has 1 N–H and O–H groups in total. The standard InChI is InChI=1S/C21H33N3O3/c1-16-14-21(2,3)24(19-6-5-17(27-4)13-18(16)19)20(26)15-23-9-7-22(8-10-23)11-12-25/h5-6,13,16,25H,7-12,14-15H2,1-4H3. The van der Waals surface area contributed by atoms with Crippen LogP contribution in [0.2, 0.25) is 0 Å². The lowest BCUT2D eigenvalue weighted by Gasteiger charge is -2.47. The molecule has 0 aromatic heterocycles. The highest BCUT2D eigenvalue weighted by atomic mass is 16.5. The highest BCUT2D eigenvalue weighted by Crippen LogP contribution is 2.44. The van der Waals surface area contributed by atoms with Crippen LogP contribution in [0.3, 0.4) is 0 Å². The second-order valence-electron chi connectivity index (χ2n) is 8.41. The number of benzene rings is 1. The van der Waals surface area contributed by atoms with Gasteiger partial charge in [-0.25, -0.2) is 0 Å². The summed E-state index contributed by atoms with van der Waals surface area (Å²) >= 11 is 0. The molecule has 1 unspecified atom stereocenters. The summed E-state index contributed by atoms with van der Waals surface area (Å²) in [7, 11) is 1.68. The molecule has 1 atom stereocenters. The van der Waals surface area contributed by atoms with E-state index in [1.54, 1.807) is 7.11 Å². The Kier molecular flexibility index (Phi) is 6.08. The van der Waals surface area contributed by atoms with Crippen molar-refractivity contribution in [2.24, 2.45) is 0 Å². The molecule has 0 aliphatic carbocycles. The maximum atomic E-state index is 13.3. The summed E-state index contributed by atoms with van der Waals surface area (Å²) in [6.07, 6.45) is 0.934. The number of ether oxygens (including phenoxy) is 1. The number of anilines is 1. The molecule has 2 aliphatic rings. The van der Waals surface area contributed by atoms with E-state index in [0.29, 0.717) is 19.0 Å². The maximum Gasteiger partial charge on any atom is 0.241 e. The average molecular weight is 376 g/mol. The van der Waals surface area contributed by atoms with Crippen LogP contribution in [-0.4, -0.2) is 79.3 Å². The third-order valence-corrected chi connectivity index (χ3v) is 5.91. The lowest BCUT2D eigenvalue weighted by atomic mass is 9.80. The predicted molar refractivity (Wildman–Crippen MR) is 108 cm³/mol. The van der Waals surface area contributed by atoms with E-state index in [1.807, 2.05) is 17.0 Å². The quantitative estimate of drug-likeness (QED) is 0.852. The molecule has 1 amide bonds. The topological polar surface area (TPSA) is 56.2 Å². The van der Waals surface area contributed by atoms with Crippen LogP contribution >= 0.6 is 0 Å². The lowest BCUT2D eigenvalue weighted by Crippen LogP contribution is -2.56. The number of aliphatic hydroxyl groups is 1. The average Bonchev–Trinajstić information content (AvgIpc) is 2.62. The Bertz CT molecular complexity index is 669. The molecule has 150 valence electrons. The monoisotopic (exact) mass is 375 g/mol. The van der Waals surface area contributed by atoms with Crippen molar-refractivity contribution < 1.29 is 14.6 Å². The second kappa shape index (κ2) is 8.17. The summed E-state index contributed by atoms with van der Waals surface area (Å²) in [6.45, 7) is 11.4. The number of carbonyl (C=O) groups is 1. The van der Waals surface area contributed by atoms with Gasteiger partial charge >= 0.3 is 0 Å². The number of methoxy groups -OCH3 is 1. The fourth-order valence-electron chi connectivity index (χ4n) is 4.58. The molecule has 2 heterocycles. The number of carbonyl (C=O) groups excluding carboxylic acids is 1. The van der Waals surface area contributed by atoms with Gasteiger partial charge in [0.05, 0.1) is 20.3 Å². The summed E-state index contributed by atoms with van der Waals surface area (Å²) in [6, 6.07) is 6.05. The molecule has 3 rings (SSSR count). The summed E-state index contributed by atoms with van der Waals surface area (Å²) in [5.41, 5.74) is 2.00. The van der Waals surface area contributed by atoms with Gasteiger partial charge in [0.25, 0.3) is 0 Å². The normalized spacial score (nSPS) is 23.1. The third-order valence-electron chi connectivity index (χ3n) is 5.91. The van der Waals surface area contributed by atoms with Crippen molar-refractivity contribution in [3.8, 4) is 5.75 Å². The second-order valence-corrected chi connectivity index (χ2v) is 8.41. The SMILES string of the molecule is COc1ccc2c(c1)C(C)CC(C)(C)N2C(=O)CN1CCN(CCO)CC1. The van der Waals surface area contributed by atoms with E-state index in [9.17, 15) is 4.79 Å². The smallest absolute Gasteiger partial charge is 0.241 e. The molecule has 1 saturated heterocycles. The maximum absolute atomic E-state index is 13.3. The Morgan fingerprint density at radius 1 is 1.22 bits per heavy atom. The summed E-state index contributed by atoms with van der Waals surface area (Å²) in [5.74, 6) is 1.39. The molecule has 1 aromatic rings. The molecule has 1 fully saturated rings. The van der Waals surface area contributed by atoms with E-state index in [1.165, 1.54) is 5.56 Å². The Labute approximate surface area is 162 Å². The van der Waals surface area contributed by atoms with Gasteiger partial charge in [0.15, 0.2) is 0 Å². The minimum atomic E-state index is -0.212. The number of hydrogen-bond acceptors (Lipinski definition) is 5. The first-order valence-electron chi connectivity index (χ1n) is 9.92. The Balaban J connectivity index is 1.76. The van der Waals surface area contributed by atoms with Crippen molar-refractivity contribution in [2.75, 3.05) is 57.9 Å². The minimum Gasteiger partial charge on any atom is -0.497 e. The molecule has 1 aromatic carbocycles. The summed E-state index contributed by atoms with van der Waals surface area (Å²) in [5, 5.41) is 9.08. The van der Waals surface area contributed by atoms with Gasteiger partial charge in [0.1, 0.15) is 5.75 Å². The zero-order valence-electron chi connectivity index (χ0n) is 17.1. The van der Waals surface area contributed by atoms with Crippen LogP contribution in [0.4, 0.5) is 5.69 Å². The number of fused-ring (bicyclic) bond motifs is 1. The Morgan fingerprint density at radius 2 is 1.89 bits per heavy atom. The summed E-state index contributed by atoms with van der Waals surface area (Å²) in [4.78, 5) is 19.8. The number of β-amino-alcohol motifs (C(OH)–C–C–N with tert-alkyl or cyclic N) is 1. The van der Waals surface area contributed by atoms with Crippen molar-refractivity contribution in [3.05, 3.63) is 23.8 Å². The van der Waals surface area contributed by atoms with Crippen molar-refractivity contribution in [2.45, 2.75) is 38.6 Å². The molecule has 6 nitrogen and oxygen atoms in total. The predicted octanol–water partition coefficient (Wildman–Crippen LogP) is 1.92. The van der Waals surface area contributed by atoms with E-state index in [0.717, 1.165) is 44.0 Å². The van der Waals surface area contributed by atoms with Gasteiger partial charge in [0.2, 0.25) is 5.91 Å². The number of rotatable bonds is 5. The van der Waals surface area contributed by atoms with Gasteiger partial charge in [-0.15, -0.1) is 0 Å². The Hall–Kier alpha value is -1.63. The third kappa shape index (κ3) is 4.28. The molecular weight excluding hydrogens is 342 g/mol. The molecule has 0 spiro atoms. The number of nitrogens with zero attached hydrogens (tertiary/aromatic N) is 3. The van der Waals surface area contributed by atoms with Crippen LogP contribution < -0.4 is 9.64 Å². The molecule has 2 aliphatic heterocycles. The first-order chi connectivity index (χ1) is 12.9. The van der Waals surface area contributed by atoms with E-state index in [4.69, 9.17) is 9.84 Å². The minimum absolute atomic E-state index is 0.161. The number of hydrogen-bond donors (Lipinski definition) is 1. The van der Waals surface area contributed by atoms with Crippen LogP contribution in [-0.2, 0) is 4.79 Å². The Morgan fingerprint density at radius 3 is 2.52 bits per heavy atom. The van der Waals surface area contributed by atoms with Crippen molar-refractivity contribution in [3.63, 3.8) is 0 Å². The van der Waals surface area contributed by atoms with Crippen LogP contribution in [0, 0.1) is 0 Å². The highest BCUT2D eigenvalue weighted by molar-refractivity contribution is 5.97. The molecular formula is C21H33N3O3. The molecule has 0 saturated carbocycles. The van der Waals surface area contributed by atoms with Crippen LogP contribution in [0.1, 0.15) is 38.7 Å². The van der Waals surface area contributed by atoms with E-state index >= 15 is 0 Å². The number of aliphatic hydroxyl groups excluding tert-OH is 1. The molecule has 6 heteroatoms. The van der Waals surface area contributed by atoms with Gasteiger partial charge in [0, 0.05) is 44.0 Å². The van der Waals surface area contributed by atoms with Gasteiger partial charge < -0.3 is 14.7 Å². The largest absolute Gasteiger partial charge is 0.497 e. The summed E-state index contributed by atoms with van der Waals surface area (Å²) < 4.78 is 5.39. The zero-order chi connectivity index (χ0) is 19.6. The highest BCUT2D eigenvalue weighted by Gasteiger charge is 2.40.